The molecule has 0 radical (unpaired) electrons. The van der Waals surface area contributed by atoms with Crippen molar-refractivity contribution in [2.24, 2.45) is 5.73 Å². The van der Waals surface area contributed by atoms with Crippen LogP contribution in [-0.2, 0) is 0 Å². The molecule has 2 N–H and O–H groups in total. The van der Waals surface area contributed by atoms with Crippen LogP contribution in [0.25, 0.3) is 10.6 Å². The zero-order valence-corrected chi connectivity index (χ0v) is 12.0. The minimum atomic E-state index is 0.358. The number of rotatable bonds is 2. The van der Waals surface area contributed by atoms with Crippen molar-refractivity contribution in [1.29, 1.82) is 0 Å². The van der Waals surface area contributed by atoms with E-state index in [-0.39, 0.29) is 0 Å². The van der Waals surface area contributed by atoms with E-state index < -0.39 is 0 Å². The number of halogens is 2. The van der Waals surface area contributed by atoms with E-state index in [9.17, 15) is 0 Å². The van der Waals surface area contributed by atoms with Gasteiger partial charge in [0.2, 0.25) is 0 Å². The summed E-state index contributed by atoms with van der Waals surface area (Å²) >= 11 is 18.4. The highest BCUT2D eigenvalue weighted by Crippen LogP contribution is 2.34. The molecule has 0 fully saturated rings. The first-order chi connectivity index (χ1) is 7.99. The number of aryl methyl sites for hydroxylation is 1. The SMILES string of the molecule is Cc1nc(-c2ccc(Cl)cc2Cl)sc1C(N)=S. The highest BCUT2D eigenvalue weighted by atomic mass is 35.5. The maximum atomic E-state index is 6.12. The maximum Gasteiger partial charge on any atom is 0.125 e. The molecule has 0 spiro atoms. The molecule has 1 aromatic carbocycles. The van der Waals surface area contributed by atoms with E-state index in [1.807, 2.05) is 13.0 Å². The van der Waals surface area contributed by atoms with Gasteiger partial charge in [-0.1, -0.05) is 35.4 Å². The van der Waals surface area contributed by atoms with Crippen LogP contribution in [-0.4, -0.2) is 9.97 Å². The highest BCUT2D eigenvalue weighted by Gasteiger charge is 2.13. The Morgan fingerprint density at radius 1 is 1.41 bits per heavy atom. The number of thiocarbonyl (C=S) groups is 1. The molecule has 6 heteroatoms. The molecule has 88 valence electrons. The van der Waals surface area contributed by atoms with Crippen molar-refractivity contribution in [2.45, 2.75) is 6.92 Å². The van der Waals surface area contributed by atoms with Crippen LogP contribution in [0.1, 0.15) is 10.6 Å². The predicted molar refractivity (Wildman–Crippen MR) is 78.2 cm³/mol. The lowest BCUT2D eigenvalue weighted by Gasteiger charge is -2.00. The zero-order valence-electron chi connectivity index (χ0n) is 8.83. The third-order valence-electron chi connectivity index (χ3n) is 2.18. The molecule has 2 rings (SSSR count). The molecule has 0 unspecified atom stereocenters. The van der Waals surface area contributed by atoms with Crippen molar-refractivity contribution >= 4 is 51.7 Å². The summed E-state index contributed by atoms with van der Waals surface area (Å²) in [6.07, 6.45) is 0. The molecule has 0 amide bonds. The van der Waals surface area contributed by atoms with Crippen molar-refractivity contribution < 1.29 is 0 Å². The summed E-state index contributed by atoms with van der Waals surface area (Å²) in [4.78, 5) is 5.59. The van der Waals surface area contributed by atoms with E-state index >= 15 is 0 Å². The van der Waals surface area contributed by atoms with E-state index in [1.54, 1.807) is 12.1 Å². The zero-order chi connectivity index (χ0) is 12.6. The van der Waals surface area contributed by atoms with Gasteiger partial charge in [0.15, 0.2) is 0 Å². The molecule has 1 heterocycles. The van der Waals surface area contributed by atoms with Gasteiger partial charge in [0, 0.05) is 10.6 Å². The fourth-order valence-electron chi connectivity index (χ4n) is 1.40. The van der Waals surface area contributed by atoms with Crippen molar-refractivity contribution in [3.05, 3.63) is 38.8 Å². The van der Waals surface area contributed by atoms with Gasteiger partial charge in [0.25, 0.3) is 0 Å². The average Bonchev–Trinajstić information content (AvgIpc) is 2.60. The van der Waals surface area contributed by atoms with Crippen LogP contribution in [0, 0.1) is 6.92 Å². The molecular weight excluding hydrogens is 295 g/mol. The number of benzene rings is 1. The van der Waals surface area contributed by atoms with E-state index in [1.165, 1.54) is 11.3 Å². The third kappa shape index (κ3) is 2.60. The Morgan fingerprint density at radius 3 is 2.65 bits per heavy atom. The standard InChI is InChI=1S/C11H8Cl2N2S2/c1-5-9(10(14)16)17-11(15-5)7-3-2-6(12)4-8(7)13/h2-4H,1H3,(H2,14,16). The van der Waals surface area contributed by atoms with Gasteiger partial charge >= 0.3 is 0 Å². The number of hydrogen-bond donors (Lipinski definition) is 1. The Labute approximate surface area is 118 Å². The van der Waals surface area contributed by atoms with Gasteiger partial charge in [-0.2, -0.15) is 0 Å². The molecule has 17 heavy (non-hydrogen) atoms. The van der Waals surface area contributed by atoms with E-state index in [0.717, 1.165) is 21.1 Å². The van der Waals surface area contributed by atoms with Crippen LogP contribution >= 0.6 is 46.8 Å². The first kappa shape index (κ1) is 12.8. The van der Waals surface area contributed by atoms with Crippen LogP contribution in [0.4, 0.5) is 0 Å². The first-order valence-electron chi connectivity index (χ1n) is 4.71. The minimum absolute atomic E-state index is 0.358. The fraction of sp³-hybridized carbons (Fsp3) is 0.0909. The van der Waals surface area contributed by atoms with Crippen molar-refractivity contribution in [3.63, 3.8) is 0 Å². The molecule has 0 atom stereocenters. The largest absolute Gasteiger partial charge is 0.389 e. The Bertz CT molecular complexity index is 593. The molecule has 0 saturated heterocycles. The summed E-state index contributed by atoms with van der Waals surface area (Å²) in [6.45, 7) is 1.87. The van der Waals surface area contributed by atoms with Crippen LogP contribution in [0.3, 0.4) is 0 Å². The molecule has 0 aliphatic rings. The maximum absolute atomic E-state index is 6.12. The lowest BCUT2D eigenvalue weighted by atomic mass is 10.2. The van der Waals surface area contributed by atoms with E-state index in [4.69, 9.17) is 41.2 Å². The van der Waals surface area contributed by atoms with Gasteiger partial charge in [-0.05, 0) is 25.1 Å². The fourth-order valence-corrected chi connectivity index (χ4v) is 3.19. The highest BCUT2D eigenvalue weighted by molar-refractivity contribution is 7.81. The molecule has 0 saturated carbocycles. The molecule has 2 nitrogen and oxygen atoms in total. The molecule has 0 aliphatic heterocycles. The number of nitrogens with zero attached hydrogens (tertiary/aromatic N) is 1. The monoisotopic (exact) mass is 302 g/mol. The average molecular weight is 303 g/mol. The molecular formula is C11H8Cl2N2S2. The summed E-state index contributed by atoms with van der Waals surface area (Å²) in [5.74, 6) is 0. The molecule has 1 aromatic heterocycles. The third-order valence-corrected chi connectivity index (χ3v) is 4.29. The second-order valence-electron chi connectivity index (χ2n) is 3.42. The van der Waals surface area contributed by atoms with Crippen LogP contribution in [0.2, 0.25) is 10.0 Å². The van der Waals surface area contributed by atoms with Gasteiger partial charge in [-0.25, -0.2) is 4.98 Å². The second kappa shape index (κ2) is 4.90. The predicted octanol–water partition coefficient (Wildman–Crippen LogP) is 4.06. The summed E-state index contributed by atoms with van der Waals surface area (Å²) in [5, 5.41) is 1.97. The number of thiazole rings is 1. The number of aromatic nitrogens is 1. The Morgan fingerprint density at radius 2 is 2.12 bits per heavy atom. The van der Waals surface area contributed by atoms with Gasteiger partial charge in [0.05, 0.1) is 15.6 Å². The van der Waals surface area contributed by atoms with Crippen LogP contribution in [0.15, 0.2) is 18.2 Å². The summed E-state index contributed by atoms with van der Waals surface area (Å²) in [6, 6.07) is 5.31. The van der Waals surface area contributed by atoms with E-state index in [2.05, 4.69) is 4.98 Å². The number of hydrogen-bond acceptors (Lipinski definition) is 3. The second-order valence-corrected chi connectivity index (χ2v) is 5.70. The Hall–Kier alpha value is -0.680. The molecule has 0 bridgehead atoms. The van der Waals surface area contributed by atoms with Crippen LogP contribution < -0.4 is 5.73 Å². The normalized spacial score (nSPS) is 10.5. The van der Waals surface area contributed by atoms with Crippen LogP contribution in [0.5, 0.6) is 0 Å². The lowest BCUT2D eigenvalue weighted by Crippen LogP contribution is -2.08. The molecule has 0 aliphatic carbocycles. The van der Waals surface area contributed by atoms with Gasteiger partial charge < -0.3 is 5.73 Å². The molecule has 2 aromatic rings. The van der Waals surface area contributed by atoms with Crippen molar-refractivity contribution in [2.75, 3.05) is 0 Å². The van der Waals surface area contributed by atoms with E-state index in [0.29, 0.717) is 15.0 Å². The van der Waals surface area contributed by atoms with Gasteiger partial charge in [-0.15, -0.1) is 11.3 Å². The minimum Gasteiger partial charge on any atom is -0.389 e. The van der Waals surface area contributed by atoms with Crippen molar-refractivity contribution in [1.82, 2.24) is 4.98 Å². The lowest BCUT2D eigenvalue weighted by molar-refractivity contribution is 1.26. The summed E-state index contributed by atoms with van der Waals surface area (Å²) in [7, 11) is 0. The Kier molecular flexibility index (Phi) is 3.68. The van der Waals surface area contributed by atoms with Gasteiger partial charge in [-0.3, -0.25) is 0 Å². The first-order valence-corrected chi connectivity index (χ1v) is 6.69. The summed E-state index contributed by atoms with van der Waals surface area (Å²) in [5.41, 5.74) is 7.28. The van der Waals surface area contributed by atoms with Gasteiger partial charge in [0.1, 0.15) is 10.00 Å². The quantitative estimate of drug-likeness (QED) is 0.850. The smallest absolute Gasteiger partial charge is 0.125 e. The topological polar surface area (TPSA) is 38.9 Å². The summed E-state index contributed by atoms with van der Waals surface area (Å²) < 4.78 is 0. The van der Waals surface area contributed by atoms with Crippen molar-refractivity contribution in [3.8, 4) is 10.6 Å². The Balaban J connectivity index is 2.53. The number of nitrogens with two attached hydrogens (primary N) is 1.